The Bertz CT molecular complexity index is 922. The van der Waals surface area contributed by atoms with E-state index in [1.54, 1.807) is 37.5 Å². The number of hydrogen-bond acceptors (Lipinski definition) is 4. The van der Waals surface area contributed by atoms with Gasteiger partial charge in [-0.2, -0.15) is 5.26 Å². The van der Waals surface area contributed by atoms with Crippen molar-refractivity contribution in [1.82, 2.24) is 5.32 Å². The third-order valence-corrected chi connectivity index (χ3v) is 4.34. The molecular weight excluding hydrogens is 338 g/mol. The number of carbonyl (C=O) groups excluding carboxylic acids is 1. The van der Waals surface area contributed by atoms with Crippen LogP contribution in [-0.2, 0) is 4.79 Å². The number of nitrogens with one attached hydrogen (secondary N) is 2. The van der Waals surface area contributed by atoms with Crippen LogP contribution in [0.1, 0.15) is 23.1 Å². The highest BCUT2D eigenvalue weighted by atomic mass is 16.5. The van der Waals surface area contributed by atoms with E-state index in [9.17, 15) is 4.79 Å². The van der Waals surface area contributed by atoms with Crippen LogP contribution in [0.5, 0.6) is 5.75 Å². The lowest BCUT2D eigenvalue weighted by molar-refractivity contribution is -0.111. The number of nitriles is 1. The molecule has 0 saturated carbocycles. The quantitative estimate of drug-likeness (QED) is 0.800. The monoisotopic (exact) mass is 359 g/mol. The highest BCUT2D eigenvalue weighted by molar-refractivity contribution is 6.02. The number of hydrogen-bond donors (Lipinski definition) is 2. The maximum atomic E-state index is 12.1. The second-order valence-corrected chi connectivity index (χ2v) is 6.15. The van der Waals surface area contributed by atoms with E-state index in [0.29, 0.717) is 11.3 Å². The summed E-state index contributed by atoms with van der Waals surface area (Å²) >= 11 is 0. The van der Waals surface area contributed by atoms with Crippen molar-refractivity contribution < 1.29 is 9.53 Å². The normalized spacial score (nSPS) is 13.7. The number of carbonyl (C=O) groups is 1. The molecule has 5 nitrogen and oxygen atoms in total. The summed E-state index contributed by atoms with van der Waals surface area (Å²) in [5, 5.41) is 14.9. The Hall–Kier alpha value is -3.36. The fraction of sp³-hybridized carbons (Fsp3) is 0.182. The summed E-state index contributed by atoms with van der Waals surface area (Å²) in [5.74, 6) is 0.571. The fourth-order valence-electron chi connectivity index (χ4n) is 2.93. The van der Waals surface area contributed by atoms with Gasteiger partial charge in [-0.25, -0.2) is 0 Å². The first-order valence-electron chi connectivity index (χ1n) is 8.77. The number of rotatable bonds is 5. The van der Waals surface area contributed by atoms with Gasteiger partial charge in [-0.1, -0.05) is 18.2 Å². The van der Waals surface area contributed by atoms with Gasteiger partial charge in [0.2, 0.25) is 5.91 Å². The van der Waals surface area contributed by atoms with Gasteiger partial charge in [0.05, 0.1) is 18.7 Å². The predicted molar refractivity (Wildman–Crippen MR) is 107 cm³/mol. The Morgan fingerprint density at radius 3 is 2.74 bits per heavy atom. The molecule has 136 valence electrons. The first kappa shape index (κ1) is 18.4. The SMILES string of the molecule is COc1cc(/C=C/C(=O)Nc2ccc(C#N)cc2)ccc1C1=CCNCC1. The van der Waals surface area contributed by atoms with Crippen molar-refractivity contribution in [3.05, 3.63) is 71.3 Å². The first-order valence-corrected chi connectivity index (χ1v) is 8.77. The lowest BCUT2D eigenvalue weighted by Crippen LogP contribution is -2.20. The number of ether oxygens (including phenoxy) is 1. The highest BCUT2D eigenvalue weighted by Crippen LogP contribution is 2.30. The molecule has 0 unspecified atom stereocenters. The van der Waals surface area contributed by atoms with Crippen LogP contribution in [-0.4, -0.2) is 26.1 Å². The molecule has 0 radical (unpaired) electrons. The summed E-state index contributed by atoms with van der Waals surface area (Å²) in [5.41, 5.74) is 4.46. The van der Waals surface area contributed by atoms with E-state index >= 15 is 0 Å². The zero-order valence-corrected chi connectivity index (χ0v) is 15.2. The zero-order chi connectivity index (χ0) is 19.1. The summed E-state index contributed by atoms with van der Waals surface area (Å²) in [6.07, 6.45) is 6.39. The molecular formula is C22H21N3O2. The van der Waals surface area contributed by atoms with Crippen LogP contribution in [0, 0.1) is 11.3 Å². The summed E-state index contributed by atoms with van der Waals surface area (Å²) in [4.78, 5) is 12.1. The Kier molecular flexibility index (Phi) is 6.03. The molecule has 0 saturated heterocycles. The predicted octanol–water partition coefficient (Wildman–Crippen LogP) is 3.60. The van der Waals surface area contributed by atoms with Gasteiger partial charge in [0.15, 0.2) is 0 Å². The third-order valence-electron chi connectivity index (χ3n) is 4.34. The van der Waals surface area contributed by atoms with E-state index in [2.05, 4.69) is 16.7 Å². The molecule has 1 heterocycles. The van der Waals surface area contributed by atoms with Gasteiger partial charge in [0.25, 0.3) is 0 Å². The minimum atomic E-state index is -0.233. The van der Waals surface area contributed by atoms with E-state index < -0.39 is 0 Å². The van der Waals surface area contributed by atoms with Crippen molar-refractivity contribution in [3.8, 4) is 11.8 Å². The van der Waals surface area contributed by atoms with Gasteiger partial charge in [-0.15, -0.1) is 0 Å². The highest BCUT2D eigenvalue weighted by Gasteiger charge is 2.11. The zero-order valence-electron chi connectivity index (χ0n) is 15.2. The van der Waals surface area contributed by atoms with Crippen molar-refractivity contribution in [3.63, 3.8) is 0 Å². The molecule has 0 aliphatic carbocycles. The van der Waals surface area contributed by atoms with Crippen molar-refractivity contribution in [2.45, 2.75) is 6.42 Å². The second kappa shape index (κ2) is 8.84. The Morgan fingerprint density at radius 2 is 2.07 bits per heavy atom. The lowest BCUT2D eigenvalue weighted by atomic mass is 9.98. The van der Waals surface area contributed by atoms with Crippen LogP contribution in [0.3, 0.4) is 0 Å². The Labute approximate surface area is 159 Å². The van der Waals surface area contributed by atoms with Crippen LogP contribution in [0.2, 0.25) is 0 Å². The summed E-state index contributed by atoms with van der Waals surface area (Å²) in [7, 11) is 1.66. The fourth-order valence-corrected chi connectivity index (χ4v) is 2.93. The molecule has 1 aliphatic heterocycles. The number of anilines is 1. The minimum absolute atomic E-state index is 0.233. The van der Waals surface area contributed by atoms with Crippen LogP contribution in [0.15, 0.2) is 54.6 Å². The van der Waals surface area contributed by atoms with E-state index in [0.717, 1.165) is 36.4 Å². The molecule has 1 aliphatic rings. The van der Waals surface area contributed by atoms with E-state index in [4.69, 9.17) is 10.00 Å². The van der Waals surface area contributed by atoms with Crippen LogP contribution < -0.4 is 15.4 Å². The molecule has 0 aromatic heterocycles. The molecule has 0 fully saturated rings. The summed E-state index contributed by atoms with van der Waals surface area (Å²) in [6, 6.07) is 14.7. The number of nitrogens with zero attached hydrogens (tertiary/aromatic N) is 1. The maximum absolute atomic E-state index is 12.1. The molecule has 0 spiro atoms. The first-order chi connectivity index (χ1) is 13.2. The second-order valence-electron chi connectivity index (χ2n) is 6.15. The minimum Gasteiger partial charge on any atom is -0.496 e. The molecule has 1 amide bonds. The van der Waals surface area contributed by atoms with Crippen molar-refractivity contribution in [1.29, 1.82) is 5.26 Å². The van der Waals surface area contributed by atoms with Crippen LogP contribution in [0.25, 0.3) is 11.6 Å². The smallest absolute Gasteiger partial charge is 0.248 e. The molecule has 0 bridgehead atoms. The van der Waals surface area contributed by atoms with E-state index in [1.165, 1.54) is 11.6 Å². The lowest BCUT2D eigenvalue weighted by Gasteiger charge is -2.17. The standard InChI is InChI=1S/C22H21N3O2/c1-27-21-14-16(4-8-20(21)18-10-12-24-13-11-18)5-9-22(26)25-19-6-2-17(15-23)3-7-19/h2-10,14,24H,11-13H2,1H3,(H,25,26)/b9-5+. The molecule has 5 heteroatoms. The number of methoxy groups -OCH3 is 1. The molecule has 3 rings (SSSR count). The summed E-state index contributed by atoms with van der Waals surface area (Å²) in [6.45, 7) is 1.84. The van der Waals surface area contributed by atoms with Gasteiger partial charge in [0, 0.05) is 23.9 Å². The van der Waals surface area contributed by atoms with Crippen molar-refractivity contribution in [2.24, 2.45) is 0 Å². The molecule has 2 aromatic carbocycles. The van der Waals surface area contributed by atoms with Gasteiger partial charge >= 0.3 is 0 Å². The third kappa shape index (κ3) is 4.84. The maximum Gasteiger partial charge on any atom is 0.248 e. The Morgan fingerprint density at radius 1 is 1.26 bits per heavy atom. The van der Waals surface area contributed by atoms with Crippen molar-refractivity contribution in [2.75, 3.05) is 25.5 Å². The molecule has 2 N–H and O–H groups in total. The van der Waals surface area contributed by atoms with Crippen molar-refractivity contribution >= 4 is 23.2 Å². The van der Waals surface area contributed by atoms with Crippen LogP contribution in [0.4, 0.5) is 5.69 Å². The molecule has 27 heavy (non-hydrogen) atoms. The van der Waals surface area contributed by atoms with E-state index in [1.807, 2.05) is 24.3 Å². The largest absolute Gasteiger partial charge is 0.496 e. The average molecular weight is 359 g/mol. The molecule has 2 aromatic rings. The summed E-state index contributed by atoms with van der Waals surface area (Å²) < 4.78 is 5.54. The number of benzene rings is 2. The topological polar surface area (TPSA) is 74.1 Å². The van der Waals surface area contributed by atoms with Gasteiger partial charge in [-0.05, 0) is 60.5 Å². The van der Waals surface area contributed by atoms with Crippen LogP contribution >= 0.6 is 0 Å². The van der Waals surface area contributed by atoms with E-state index in [-0.39, 0.29) is 5.91 Å². The van der Waals surface area contributed by atoms with Gasteiger partial charge in [-0.3, -0.25) is 4.79 Å². The van der Waals surface area contributed by atoms with Gasteiger partial charge in [0.1, 0.15) is 5.75 Å². The number of amides is 1. The average Bonchev–Trinajstić information content (AvgIpc) is 2.73. The molecule has 0 atom stereocenters. The Balaban J connectivity index is 1.69. The van der Waals surface area contributed by atoms with Gasteiger partial charge < -0.3 is 15.4 Å².